The Morgan fingerprint density at radius 1 is 1.30 bits per heavy atom. The predicted molar refractivity (Wildman–Crippen MR) is 81.0 cm³/mol. The highest BCUT2D eigenvalue weighted by Gasteiger charge is 2.31. The average molecular weight is 289 g/mol. The summed E-state index contributed by atoms with van der Waals surface area (Å²) in [5.74, 6) is 0.614. The molecule has 20 heavy (non-hydrogen) atoms. The van der Waals surface area contributed by atoms with Crippen molar-refractivity contribution >= 4 is 28.3 Å². The second-order valence-corrected chi connectivity index (χ2v) is 6.01. The maximum absolute atomic E-state index is 12.8. The van der Waals surface area contributed by atoms with Crippen LogP contribution in [0.3, 0.4) is 0 Å². The van der Waals surface area contributed by atoms with Crippen molar-refractivity contribution in [1.29, 1.82) is 0 Å². The number of amides is 1. The summed E-state index contributed by atoms with van der Waals surface area (Å²) in [5.41, 5.74) is 0.644. The van der Waals surface area contributed by atoms with Crippen molar-refractivity contribution in [3.63, 3.8) is 0 Å². The van der Waals surface area contributed by atoms with Gasteiger partial charge >= 0.3 is 0 Å². The van der Waals surface area contributed by atoms with Gasteiger partial charge in [0.25, 0.3) is 5.91 Å². The van der Waals surface area contributed by atoms with Crippen molar-refractivity contribution < 1.29 is 4.79 Å². The number of aromatic nitrogens is 1. The Morgan fingerprint density at radius 3 is 2.65 bits per heavy atom. The Hall–Kier alpha value is -1.61. The molecule has 2 aromatic rings. The molecule has 4 heteroatoms. The van der Waals surface area contributed by atoms with E-state index in [1.54, 1.807) is 6.20 Å². The monoisotopic (exact) mass is 288 g/mol. The van der Waals surface area contributed by atoms with Crippen molar-refractivity contribution in [2.45, 2.75) is 26.3 Å². The lowest BCUT2D eigenvalue weighted by atomic mass is 10.1. The number of fused-ring (bicyclic) bond motifs is 1. The molecule has 2 atom stereocenters. The van der Waals surface area contributed by atoms with Crippen LogP contribution in [-0.4, -0.2) is 28.4 Å². The van der Waals surface area contributed by atoms with Gasteiger partial charge in [-0.1, -0.05) is 42.8 Å². The number of pyridine rings is 1. The molecule has 1 aromatic heterocycles. The maximum Gasteiger partial charge on any atom is 0.256 e. The number of rotatable bonds is 1. The van der Waals surface area contributed by atoms with Gasteiger partial charge in [-0.3, -0.25) is 4.79 Å². The third-order valence-electron chi connectivity index (χ3n) is 4.02. The molecule has 3 rings (SSSR count). The molecular formula is C16H17ClN2O. The summed E-state index contributed by atoms with van der Waals surface area (Å²) in [4.78, 5) is 18.9. The Labute approximate surface area is 123 Å². The quantitative estimate of drug-likeness (QED) is 0.749. The Morgan fingerprint density at radius 2 is 2.00 bits per heavy atom. The van der Waals surface area contributed by atoms with E-state index in [4.69, 9.17) is 11.6 Å². The SMILES string of the molecule is CC1CC(C)N(C(=O)c2cnc(Cl)c3ccccc23)C1. The molecule has 0 N–H and O–H groups in total. The molecule has 0 radical (unpaired) electrons. The van der Waals surface area contributed by atoms with E-state index in [0.717, 1.165) is 23.7 Å². The number of benzene rings is 1. The van der Waals surface area contributed by atoms with Crippen LogP contribution in [0.25, 0.3) is 10.8 Å². The van der Waals surface area contributed by atoms with Gasteiger partial charge in [0.05, 0.1) is 5.56 Å². The van der Waals surface area contributed by atoms with Crippen LogP contribution in [-0.2, 0) is 0 Å². The first-order chi connectivity index (χ1) is 9.58. The molecule has 1 aromatic carbocycles. The number of hydrogen-bond acceptors (Lipinski definition) is 2. The van der Waals surface area contributed by atoms with E-state index in [-0.39, 0.29) is 11.9 Å². The fourth-order valence-corrected chi connectivity index (χ4v) is 3.28. The van der Waals surface area contributed by atoms with Gasteiger partial charge in [-0.2, -0.15) is 0 Å². The Balaban J connectivity index is 2.07. The van der Waals surface area contributed by atoms with Crippen LogP contribution in [0.1, 0.15) is 30.6 Å². The van der Waals surface area contributed by atoms with Crippen LogP contribution in [0.2, 0.25) is 5.15 Å². The first-order valence-corrected chi connectivity index (χ1v) is 7.30. The van der Waals surface area contributed by atoms with Crippen LogP contribution < -0.4 is 0 Å². The van der Waals surface area contributed by atoms with E-state index in [1.807, 2.05) is 29.2 Å². The lowest BCUT2D eigenvalue weighted by Crippen LogP contribution is -2.34. The highest BCUT2D eigenvalue weighted by atomic mass is 35.5. The molecule has 1 amide bonds. The molecule has 2 heterocycles. The number of likely N-dealkylation sites (tertiary alicyclic amines) is 1. The minimum atomic E-state index is 0.0576. The van der Waals surface area contributed by atoms with Gasteiger partial charge in [-0.05, 0) is 24.6 Å². The minimum Gasteiger partial charge on any atom is -0.336 e. The summed E-state index contributed by atoms with van der Waals surface area (Å²) in [6.45, 7) is 5.10. The lowest BCUT2D eigenvalue weighted by Gasteiger charge is -2.22. The molecule has 1 saturated heterocycles. The van der Waals surface area contributed by atoms with Crippen LogP contribution in [0, 0.1) is 5.92 Å². The zero-order valence-corrected chi connectivity index (χ0v) is 12.4. The number of halogens is 1. The third-order valence-corrected chi connectivity index (χ3v) is 4.32. The van der Waals surface area contributed by atoms with Crippen molar-refractivity contribution in [2.75, 3.05) is 6.54 Å². The maximum atomic E-state index is 12.8. The zero-order valence-electron chi connectivity index (χ0n) is 11.6. The van der Waals surface area contributed by atoms with Crippen molar-refractivity contribution in [3.8, 4) is 0 Å². The normalized spacial score (nSPS) is 22.4. The van der Waals surface area contributed by atoms with Gasteiger partial charge in [-0.15, -0.1) is 0 Å². The zero-order chi connectivity index (χ0) is 14.3. The first kappa shape index (κ1) is 13.4. The van der Waals surface area contributed by atoms with E-state index in [9.17, 15) is 4.79 Å². The van der Waals surface area contributed by atoms with E-state index in [0.29, 0.717) is 16.6 Å². The van der Waals surface area contributed by atoms with Crippen molar-refractivity contribution in [3.05, 3.63) is 41.2 Å². The number of nitrogens with zero attached hydrogens (tertiary/aromatic N) is 2. The highest BCUT2D eigenvalue weighted by Crippen LogP contribution is 2.29. The average Bonchev–Trinajstić information content (AvgIpc) is 2.78. The summed E-state index contributed by atoms with van der Waals surface area (Å²) in [5, 5.41) is 2.16. The van der Waals surface area contributed by atoms with Gasteiger partial charge in [0.2, 0.25) is 0 Å². The molecular weight excluding hydrogens is 272 g/mol. The summed E-state index contributed by atoms with van der Waals surface area (Å²) in [6, 6.07) is 7.94. The predicted octanol–water partition coefficient (Wildman–Crippen LogP) is 3.76. The molecule has 1 fully saturated rings. The molecule has 2 unspecified atom stereocenters. The van der Waals surface area contributed by atoms with Crippen molar-refractivity contribution in [2.24, 2.45) is 5.92 Å². The van der Waals surface area contributed by atoms with Gasteiger partial charge < -0.3 is 4.90 Å². The standard InChI is InChI=1S/C16H17ClN2O/c1-10-7-11(2)19(9-10)16(20)14-8-18-15(17)13-6-4-3-5-12(13)14/h3-6,8,10-11H,7,9H2,1-2H3. The molecule has 104 valence electrons. The fraction of sp³-hybridized carbons (Fsp3) is 0.375. The minimum absolute atomic E-state index is 0.0576. The topological polar surface area (TPSA) is 33.2 Å². The smallest absolute Gasteiger partial charge is 0.256 e. The van der Waals surface area contributed by atoms with E-state index >= 15 is 0 Å². The lowest BCUT2D eigenvalue weighted by molar-refractivity contribution is 0.0745. The largest absolute Gasteiger partial charge is 0.336 e. The summed E-state index contributed by atoms with van der Waals surface area (Å²) >= 11 is 6.11. The number of hydrogen-bond donors (Lipinski definition) is 0. The molecule has 3 nitrogen and oxygen atoms in total. The van der Waals surface area contributed by atoms with E-state index in [1.165, 1.54) is 0 Å². The summed E-state index contributed by atoms with van der Waals surface area (Å²) in [6.07, 6.45) is 2.66. The first-order valence-electron chi connectivity index (χ1n) is 6.92. The molecule has 1 aliphatic rings. The Bertz CT molecular complexity index is 671. The van der Waals surface area contributed by atoms with Gasteiger partial charge in [-0.25, -0.2) is 4.98 Å². The summed E-state index contributed by atoms with van der Waals surface area (Å²) in [7, 11) is 0. The van der Waals surface area contributed by atoms with E-state index < -0.39 is 0 Å². The van der Waals surface area contributed by atoms with Gasteiger partial charge in [0.1, 0.15) is 5.15 Å². The third kappa shape index (κ3) is 2.16. The van der Waals surface area contributed by atoms with E-state index in [2.05, 4.69) is 18.8 Å². The molecule has 0 bridgehead atoms. The molecule has 0 aliphatic carbocycles. The van der Waals surface area contributed by atoms with Crippen LogP contribution in [0.4, 0.5) is 0 Å². The van der Waals surface area contributed by atoms with Crippen LogP contribution in [0.5, 0.6) is 0 Å². The van der Waals surface area contributed by atoms with Crippen LogP contribution >= 0.6 is 11.6 Å². The molecule has 0 saturated carbocycles. The number of carbonyl (C=O) groups is 1. The summed E-state index contributed by atoms with van der Waals surface area (Å²) < 4.78 is 0. The second-order valence-electron chi connectivity index (χ2n) is 5.66. The number of carbonyl (C=O) groups excluding carboxylic acids is 1. The van der Waals surface area contributed by atoms with Gasteiger partial charge in [0, 0.05) is 24.2 Å². The molecule has 1 aliphatic heterocycles. The van der Waals surface area contributed by atoms with Crippen LogP contribution in [0.15, 0.2) is 30.5 Å². The Kier molecular flexibility index (Phi) is 3.38. The molecule has 0 spiro atoms. The van der Waals surface area contributed by atoms with Crippen molar-refractivity contribution in [1.82, 2.24) is 9.88 Å². The van der Waals surface area contributed by atoms with Gasteiger partial charge in [0.15, 0.2) is 0 Å². The second kappa shape index (κ2) is 5.06. The fourth-order valence-electron chi connectivity index (χ4n) is 3.07. The highest BCUT2D eigenvalue weighted by molar-refractivity contribution is 6.34.